The molecule has 2 N–H and O–H groups in total. The molecule has 0 radical (unpaired) electrons. The van der Waals surface area contributed by atoms with Crippen LogP contribution in [0, 0.1) is 0 Å². The van der Waals surface area contributed by atoms with Gasteiger partial charge in [-0.1, -0.05) is 19.1 Å². The van der Waals surface area contributed by atoms with Gasteiger partial charge in [-0.2, -0.15) is 0 Å². The largest absolute Gasteiger partial charge is 0.494 e. The smallest absolute Gasteiger partial charge is 0.258 e. The van der Waals surface area contributed by atoms with Gasteiger partial charge >= 0.3 is 0 Å². The Morgan fingerprint density at radius 1 is 1.14 bits per heavy atom. The number of para-hydroxylation sites is 1. The monoisotopic (exact) mass is 380 g/mol. The van der Waals surface area contributed by atoms with Crippen LogP contribution in [0.1, 0.15) is 19.7 Å². The van der Waals surface area contributed by atoms with Crippen molar-refractivity contribution in [3.63, 3.8) is 0 Å². The highest BCUT2D eigenvalue weighted by Crippen LogP contribution is 2.15. The molecule has 7 heteroatoms. The summed E-state index contributed by atoms with van der Waals surface area (Å²) in [6, 6.07) is 14.5. The summed E-state index contributed by atoms with van der Waals surface area (Å²) in [5.41, 5.74) is 1.19. The van der Waals surface area contributed by atoms with E-state index in [4.69, 9.17) is 4.74 Å². The first-order valence-electron chi connectivity index (χ1n) is 9.32. The average Bonchev–Trinajstić information content (AvgIpc) is 2.69. The Hall–Kier alpha value is -3.19. The molecular formula is C21H24N4O3. The Balaban J connectivity index is 1.63. The molecule has 0 aliphatic rings. The predicted octanol–water partition coefficient (Wildman–Crippen LogP) is 2.78. The van der Waals surface area contributed by atoms with Crippen molar-refractivity contribution in [2.75, 3.05) is 25.0 Å². The molecule has 0 spiro atoms. The van der Waals surface area contributed by atoms with Gasteiger partial charge in [-0.3, -0.25) is 14.5 Å². The summed E-state index contributed by atoms with van der Waals surface area (Å²) in [6.45, 7) is 5.71. The van der Waals surface area contributed by atoms with E-state index in [1.807, 2.05) is 61.2 Å². The van der Waals surface area contributed by atoms with Crippen LogP contribution in [0.25, 0.3) is 10.9 Å². The summed E-state index contributed by atoms with van der Waals surface area (Å²) in [4.78, 5) is 33.8. The third-order valence-corrected chi connectivity index (χ3v) is 4.30. The Morgan fingerprint density at radius 2 is 1.89 bits per heavy atom. The minimum atomic E-state index is -0.171. The second-order valence-electron chi connectivity index (χ2n) is 6.34. The summed E-state index contributed by atoms with van der Waals surface area (Å²) >= 11 is 0. The van der Waals surface area contributed by atoms with E-state index in [-0.39, 0.29) is 18.0 Å². The van der Waals surface area contributed by atoms with Crippen LogP contribution in [0.5, 0.6) is 5.75 Å². The van der Waals surface area contributed by atoms with Crippen LogP contribution >= 0.6 is 0 Å². The molecule has 0 unspecified atom stereocenters. The molecule has 146 valence electrons. The lowest BCUT2D eigenvalue weighted by atomic mass is 10.2. The fourth-order valence-corrected chi connectivity index (χ4v) is 2.91. The van der Waals surface area contributed by atoms with Crippen molar-refractivity contribution < 1.29 is 9.53 Å². The zero-order valence-corrected chi connectivity index (χ0v) is 16.1. The van der Waals surface area contributed by atoms with Gasteiger partial charge in [0.25, 0.3) is 5.56 Å². The molecule has 0 saturated heterocycles. The Morgan fingerprint density at radius 3 is 2.61 bits per heavy atom. The molecule has 1 heterocycles. The quantitative estimate of drug-likeness (QED) is 0.627. The number of rotatable bonds is 8. The zero-order chi connectivity index (χ0) is 19.9. The number of H-pyrrole nitrogens is 1. The zero-order valence-electron chi connectivity index (χ0n) is 16.1. The van der Waals surface area contributed by atoms with Crippen LogP contribution < -0.4 is 15.6 Å². The molecule has 7 nitrogen and oxygen atoms in total. The second kappa shape index (κ2) is 9.14. The number of aromatic amines is 1. The summed E-state index contributed by atoms with van der Waals surface area (Å²) in [6.07, 6.45) is 0. The SMILES string of the molecule is CCOc1ccc(NC(=O)CN(CC)Cc2nc3ccccc3c(=O)[nH]2)cc1. The lowest BCUT2D eigenvalue weighted by molar-refractivity contribution is -0.117. The number of nitrogens with one attached hydrogen (secondary N) is 2. The molecule has 0 saturated carbocycles. The van der Waals surface area contributed by atoms with Gasteiger partial charge in [0, 0.05) is 5.69 Å². The highest BCUT2D eigenvalue weighted by molar-refractivity contribution is 5.92. The van der Waals surface area contributed by atoms with Crippen molar-refractivity contribution in [2.45, 2.75) is 20.4 Å². The van der Waals surface area contributed by atoms with Gasteiger partial charge in [-0.05, 0) is 49.9 Å². The van der Waals surface area contributed by atoms with E-state index in [1.165, 1.54) is 0 Å². The lowest BCUT2D eigenvalue weighted by Crippen LogP contribution is -2.33. The molecule has 28 heavy (non-hydrogen) atoms. The Kier molecular flexibility index (Phi) is 6.39. The molecule has 0 aliphatic heterocycles. The van der Waals surface area contributed by atoms with E-state index in [2.05, 4.69) is 15.3 Å². The van der Waals surface area contributed by atoms with Gasteiger partial charge in [-0.25, -0.2) is 4.98 Å². The highest BCUT2D eigenvalue weighted by atomic mass is 16.5. The first-order valence-corrected chi connectivity index (χ1v) is 9.32. The highest BCUT2D eigenvalue weighted by Gasteiger charge is 2.12. The van der Waals surface area contributed by atoms with Crippen molar-refractivity contribution in [2.24, 2.45) is 0 Å². The number of aromatic nitrogens is 2. The van der Waals surface area contributed by atoms with E-state index in [1.54, 1.807) is 6.07 Å². The standard InChI is InChI=1S/C21H24N4O3/c1-3-25(13-19-23-18-8-6-5-7-17(18)21(27)24-19)14-20(26)22-15-9-11-16(12-10-15)28-4-2/h5-12H,3-4,13-14H2,1-2H3,(H,22,26)(H,23,24,27). The number of fused-ring (bicyclic) bond motifs is 1. The number of hydrogen-bond donors (Lipinski definition) is 2. The van der Waals surface area contributed by atoms with Crippen molar-refractivity contribution in [3.8, 4) is 5.75 Å². The molecule has 1 amide bonds. The van der Waals surface area contributed by atoms with E-state index < -0.39 is 0 Å². The topological polar surface area (TPSA) is 87.3 Å². The first-order chi connectivity index (χ1) is 13.6. The average molecular weight is 380 g/mol. The number of carbonyl (C=O) groups is 1. The molecule has 3 rings (SSSR count). The number of amides is 1. The van der Waals surface area contributed by atoms with E-state index in [0.29, 0.717) is 42.1 Å². The fraction of sp³-hybridized carbons (Fsp3) is 0.286. The first kappa shape index (κ1) is 19.6. The van der Waals surface area contributed by atoms with Crippen molar-refractivity contribution in [1.82, 2.24) is 14.9 Å². The third-order valence-electron chi connectivity index (χ3n) is 4.30. The number of anilines is 1. The molecule has 1 aromatic heterocycles. The van der Waals surface area contributed by atoms with Gasteiger partial charge in [0.05, 0.1) is 30.6 Å². The van der Waals surface area contributed by atoms with E-state index in [9.17, 15) is 9.59 Å². The normalized spacial score (nSPS) is 11.0. The lowest BCUT2D eigenvalue weighted by Gasteiger charge is -2.19. The predicted molar refractivity (Wildman–Crippen MR) is 110 cm³/mol. The fourth-order valence-electron chi connectivity index (χ4n) is 2.91. The minimum Gasteiger partial charge on any atom is -0.494 e. The summed E-state index contributed by atoms with van der Waals surface area (Å²) in [5, 5.41) is 3.43. The summed E-state index contributed by atoms with van der Waals surface area (Å²) < 4.78 is 5.40. The molecule has 2 aromatic carbocycles. The van der Waals surface area contributed by atoms with Gasteiger partial charge in [-0.15, -0.1) is 0 Å². The van der Waals surface area contributed by atoms with Gasteiger partial charge in [0.2, 0.25) is 5.91 Å². The maximum Gasteiger partial charge on any atom is 0.258 e. The Bertz CT molecular complexity index is 998. The molecule has 3 aromatic rings. The van der Waals surface area contributed by atoms with Gasteiger partial charge in [0.1, 0.15) is 11.6 Å². The van der Waals surface area contributed by atoms with E-state index >= 15 is 0 Å². The number of hydrogen-bond acceptors (Lipinski definition) is 5. The third kappa shape index (κ3) is 4.95. The van der Waals surface area contributed by atoms with Crippen LogP contribution in [0.3, 0.4) is 0 Å². The number of benzene rings is 2. The minimum absolute atomic E-state index is 0.130. The van der Waals surface area contributed by atoms with Crippen molar-refractivity contribution in [3.05, 3.63) is 64.7 Å². The van der Waals surface area contributed by atoms with E-state index in [0.717, 1.165) is 5.75 Å². The Labute approximate surface area is 163 Å². The van der Waals surface area contributed by atoms with Crippen molar-refractivity contribution in [1.29, 1.82) is 0 Å². The van der Waals surface area contributed by atoms with Gasteiger partial charge in [0.15, 0.2) is 0 Å². The summed E-state index contributed by atoms with van der Waals surface area (Å²) in [7, 11) is 0. The molecule has 0 aliphatic carbocycles. The number of carbonyl (C=O) groups excluding carboxylic acids is 1. The molecule has 0 fully saturated rings. The van der Waals surface area contributed by atoms with Gasteiger partial charge < -0.3 is 15.0 Å². The maximum atomic E-state index is 12.4. The molecule has 0 atom stereocenters. The number of ether oxygens (including phenoxy) is 1. The van der Waals surface area contributed by atoms with Crippen LogP contribution in [-0.4, -0.2) is 40.5 Å². The van der Waals surface area contributed by atoms with Crippen molar-refractivity contribution >= 4 is 22.5 Å². The number of nitrogens with zero attached hydrogens (tertiary/aromatic N) is 2. The van der Waals surface area contributed by atoms with Crippen LogP contribution in [0.2, 0.25) is 0 Å². The van der Waals surface area contributed by atoms with Crippen LogP contribution in [-0.2, 0) is 11.3 Å². The molecule has 0 bridgehead atoms. The van der Waals surface area contributed by atoms with Crippen LogP contribution in [0.4, 0.5) is 5.69 Å². The molecular weight excluding hydrogens is 356 g/mol. The summed E-state index contributed by atoms with van der Waals surface area (Å²) in [5.74, 6) is 1.18. The van der Waals surface area contributed by atoms with Crippen LogP contribution in [0.15, 0.2) is 53.3 Å². The maximum absolute atomic E-state index is 12.4. The second-order valence-corrected chi connectivity index (χ2v) is 6.34. The number of likely N-dealkylation sites (N-methyl/N-ethyl adjacent to an activating group) is 1.